The molecule has 0 aliphatic carbocycles. The molecule has 26 heavy (non-hydrogen) atoms. The van der Waals surface area contributed by atoms with E-state index in [1.165, 1.54) is 5.39 Å². The summed E-state index contributed by atoms with van der Waals surface area (Å²) in [6, 6.07) is 16.0. The maximum Gasteiger partial charge on any atom is 0.129 e. The standard InChI is InChI=1S/C11H11BrN2.C9H5BrClN/c1-14(2)11-6-9-8(7-13-11)4-3-5-10(9)12;10-8-3-1-2-6-5-12-9(11)4-7(6)8/h3-7H,1-2H3;1-5H. The van der Waals surface area contributed by atoms with Gasteiger partial charge >= 0.3 is 0 Å². The summed E-state index contributed by atoms with van der Waals surface area (Å²) in [5.41, 5.74) is 0. The van der Waals surface area contributed by atoms with Crippen LogP contribution in [-0.4, -0.2) is 24.1 Å². The third-order valence-electron chi connectivity index (χ3n) is 3.83. The molecule has 4 aromatic rings. The number of benzene rings is 2. The fourth-order valence-electron chi connectivity index (χ4n) is 2.47. The molecule has 0 unspecified atom stereocenters. The van der Waals surface area contributed by atoms with Gasteiger partial charge in [-0.1, -0.05) is 67.7 Å². The molecule has 0 fully saturated rings. The minimum Gasteiger partial charge on any atom is -0.363 e. The van der Waals surface area contributed by atoms with Crippen LogP contribution in [0.3, 0.4) is 0 Å². The van der Waals surface area contributed by atoms with E-state index in [1.54, 1.807) is 6.20 Å². The van der Waals surface area contributed by atoms with E-state index in [9.17, 15) is 0 Å². The average Bonchev–Trinajstić information content (AvgIpc) is 2.63. The summed E-state index contributed by atoms with van der Waals surface area (Å²) in [4.78, 5) is 10.3. The van der Waals surface area contributed by atoms with Crippen molar-refractivity contribution in [1.82, 2.24) is 9.97 Å². The molecule has 0 saturated heterocycles. The Kier molecular flexibility index (Phi) is 6.12. The van der Waals surface area contributed by atoms with Gasteiger partial charge in [-0.2, -0.15) is 0 Å². The third-order valence-corrected chi connectivity index (χ3v) is 5.42. The van der Waals surface area contributed by atoms with Crippen molar-refractivity contribution in [2.24, 2.45) is 0 Å². The predicted molar refractivity (Wildman–Crippen MR) is 118 cm³/mol. The lowest BCUT2D eigenvalue weighted by atomic mass is 10.2. The number of nitrogens with zero attached hydrogens (tertiary/aromatic N) is 3. The minimum atomic E-state index is 0.523. The Morgan fingerprint density at radius 1 is 0.808 bits per heavy atom. The first-order valence-corrected chi connectivity index (χ1v) is 9.83. The smallest absolute Gasteiger partial charge is 0.129 e. The van der Waals surface area contributed by atoms with Crippen LogP contribution in [0.2, 0.25) is 5.15 Å². The average molecular weight is 494 g/mol. The summed E-state index contributed by atoms with van der Waals surface area (Å²) in [6.45, 7) is 0. The van der Waals surface area contributed by atoms with Gasteiger partial charge in [0.15, 0.2) is 0 Å². The Balaban J connectivity index is 0.000000152. The second kappa shape index (κ2) is 8.33. The van der Waals surface area contributed by atoms with Crippen molar-refractivity contribution >= 4 is 70.8 Å². The molecular weight excluding hydrogens is 478 g/mol. The van der Waals surface area contributed by atoms with Crippen molar-refractivity contribution < 1.29 is 0 Å². The largest absolute Gasteiger partial charge is 0.363 e. The van der Waals surface area contributed by atoms with Gasteiger partial charge in [0.2, 0.25) is 0 Å². The van der Waals surface area contributed by atoms with E-state index in [2.05, 4.69) is 54.0 Å². The van der Waals surface area contributed by atoms with Crippen molar-refractivity contribution in [2.75, 3.05) is 19.0 Å². The molecule has 0 aliphatic heterocycles. The first-order chi connectivity index (χ1) is 12.5. The number of anilines is 1. The Labute approximate surface area is 174 Å². The number of fused-ring (bicyclic) bond motifs is 2. The van der Waals surface area contributed by atoms with Gasteiger partial charge in [-0.15, -0.1) is 0 Å². The van der Waals surface area contributed by atoms with Crippen LogP contribution in [0.25, 0.3) is 21.5 Å². The molecule has 2 aromatic heterocycles. The summed E-state index contributed by atoms with van der Waals surface area (Å²) in [5.74, 6) is 0.976. The maximum atomic E-state index is 5.76. The number of hydrogen-bond donors (Lipinski definition) is 0. The van der Waals surface area contributed by atoms with Crippen LogP contribution in [-0.2, 0) is 0 Å². The monoisotopic (exact) mass is 491 g/mol. The van der Waals surface area contributed by atoms with Crippen LogP contribution in [0.15, 0.2) is 69.9 Å². The molecule has 0 bridgehead atoms. The van der Waals surface area contributed by atoms with Crippen molar-refractivity contribution in [3.8, 4) is 0 Å². The predicted octanol–water partition coefficient (Wildman–Crippen LogP) is 6.71. The molecule has 0 atom stereocenters. The van der Waals surface area contributed by atoms with Gasteiger partial charge in [-0.3, -0.25) is 0 Å². The summed E-state index contributed by atoms with van der Waals surface area (Å²) >= 11 is 12.7. The highest BCUT2D eigenvalue weighted by Gasteiger charge is 2.02. The molecule has 0 radical (unpaired) electrons. The summed E-state index contributed by atoms with van der Waals surface area (Å²) < 4.78 is 2.16. The van der Waals surface area contributed by atoms with Crippen LogP contribution in [0.4, 0.5) is 5.82 Å². The highest BCUT2D eigenvalue weighted by molar-refractivity contribution is 9.11. The third kappa shape index (κ3) is 4.34. The minimum absolute atomic E-state index is 0.523. The van der Waals surface area contributed by atoms with Gasteiger partial charge in [0.05, 0.1) is 0 Å². The SMILES string of the molecule is CN(C)c1cc2c(Br)cccc2cn1.Clc1cc2c(Br)cccc2cn1. The van der Waals surface area contributed by atoms with Gasteiger partial charge in [-0.25, -0.2) is 9.97 Å². The van der Waals surface area contributed by atoms with E-state index in [-0.39, 0.29) is 0 Å². The van der Waals surface area contributed by atoms with Crippen molar-refractivity contribution in [3.63, 3.8) is 0 Å². The van der Waals surface area contributed by atoms with Gasteiger partial charge in [0.25, 0.3) is 0 Å². The molecular formula is C20H16Br2ClN3. The van der Waals surface area contributed by atoms with Crippen LogP contribution in [0.1, 0.15) is 0 Å². The Morgan fingerprint density at radius 3 is 1.92 bits per heavy atom. The Hall–Kier alpha value is -1.69. The molecule has 4 rings (SSSR count). The van der Waals surface area contributed by atoms with E-state index in [0.717, 1.165) is 30.9 Å². The fraction of sp³-hybridized carbons (Fsp3) is 0.100. The molecule has 0 N–H and O–H groups in total. The Morgan fingerprint density at radius 2 is 1.35 bits per heavy atom. The summed E-state index contributed by atoms with van der Waals surface area (Å²) in [5, 5.41) is 5.07. The van der Waals surface area contributed by atoms with Crippen molar-refractivity contribution in [1.29, 1.82) is 0 Å². The molecule has 2 aromatic carbocycles. The van der Waals surface area contributed by atoms with Gasteiger partial charge in [-0.05, 0) is 24.3 Å². The quantitative estimate of drug-likeness (QED) is 0.276. The lowest BCUT2D eigenvalue weighted by Crippen LogP contribution is -2.10. The van der Waals surface area contributed by atoms with Gasteiger partial charge < -0.3 is 4.90 Å². The van der Waals surface area contributed by atoms with Crippen molar-refractivity contribution in [3.05, 3.63) is 75.0 Å². The molecule has 0 spiro atoms. The fourth-order valence-corrected chi connectivity index (χ4v) is 3.62. The first-order valence-electron chi connectivity index (χ1n) is 7.87. The molecule has 2 heterocycles. The second-order valence-electron chi connectivity index (χ2n) is 5.87. The molecule has 3 nitrogen and oxygen atoms in total. The zero-order valence-corrected chi connectivity index (χ0v) is 18.2. The van der Waals surface area contributed by atoms with Gasteiger partial charge in [0.1, 0.15) is 11.0 Å². The van der Waals surface area contributed by atoms with E-state index >= 15 is 0 Å². The highest BCUT2D eigenvalue weighted by atomic mass is 79.9. The van der Waals surface area contributed by atoms with E-state index in [1.807, 2.05) is 61.6 Å². The lowest BCUT2D eigenvalue weighted by Gasteiger charge is -2.11. The number of aromatic nitrogens is 2. The first kappa shape index (κ1) is 19.1. The lowest BCUT2D eigenvalue weighted by molar-refractivity contribution is 1.07. The maximum absolute atomic E-state index is 5.76. The normalized spacial score (nSPS) is 10.5. The van der Waals surface area contributed by atoms with E-state index in [0.29, 0.717) is 5.15 Å². The van der Waals surface area contributed by atoms with E-state index < -0.39 is 0 Å². The summed E-state index contributed by atoms with van der Waals surface area (Å²) in [7, 11) is 3.98. The number of halogens is 3. The van der Waals surface area contributed by atoms with Crippen LogP contribution >= 0.6 is 43.5 Å². The molecule has 132 valence electrons. The van der Waals surface area contributed by atoms with Crippen LogP contribution in [0.5, 0.6) is 0 Å². The Bertz CT molecular complexity index is 1070. The molecule has 0 saturated carbocycles. The van der Waals surface area contributed by atoms with Crippen LogP contribution in [0, 0.1) is 0 Å². The van der Waals surface area contributed by atoms with Crippen molar-refractivity contribution in [2.45, 2.75) is 0 Å². The van der Waals surface area contributed by atoms with Gasteiger partial charge in [0, 0.05) is 57.0 Å². The number of rotatable bonds is 1. The molecule has 6 heteroatoms. The number of hydrogen-bond acceptors (Lipinski definition) is 3. The van der Waals surface area contributed by atoms with E-state index in [4.69, 9.17) is 11.6 Å². The molecule has 0 aliphatic rings. The highest BCUT2D eigenvalue weighted by Crippen LogP contribution is 2.26. The zero-order valence-electron chi connectivity index (χ0n) is 14.2. The number of pyridine rings is 2. The summed E-state index contributed by atoms with van der Waals surface area (Å²) in [6.07, 6.45) is 3.66. The topological polar surface area (TPSA) is 29.0 Å². The second-order valence-corrected chi connectivity index (χ2v) is 7.96. The van der Waals surface area contributed by atoms with Crippen LogP contribution < -0.4 is 4.90 Å². The molecule has 0 amide bonds. The zero-order chi connectivity index (χ0) is 18.7.